The lowest BCUT2D eigenvalue weighted by atomic mass is 10.1. The summed E-state index contributed by atoms with van der Waals surface area (Å²) in [4.78, 5) is 11.7. The quantitative estimate of drug-likeness (QED) is 0.676. The number of nitrogens with one attached hydrogen (secondary N) is 1. The number of nitrogen functional groups attached to an aromatic ring is 1. The van der Waals surface area contributed by atoms with Gasteiger partial charge < -0.3 is 16.2 Å². The normalized spacial score (nSPS) is 12.2. The first kappa shape index (κ1) is 13.4. The molecule has 1 atom stereocenters. The summed E-state index contributed by atoms with van der Waals surface area (Å²) in [5.41, 5.74) is 5.94. The summed E-state index contributed by atoms with van der Waals surface area (Å²) in [7, 11) is 0. The van der Waals surface area contributed by atoms with E-state index in [1.54, 1.807) is 0 Å². The minimum atomic E-state index is -0.465. The highest BCUT2D eigenvalue weighted by molar-refractivity contribution is 5.99. The smallest absolute Gasteiger partial charge is 0.253 e. The van der Waals surface area contributed by atoms with Crippen molar-refractivity contribution in [3.63, 3.8) is 0 Å². The molecule has 0 aliphatic carbocycles. The number of hydrogen-bond acceptors (Lipinski definition) is 3. The van der Waals surface area contributed by atoms with E-state index in [0.717, 1.165) is 6.07 Å². The molecule has 0 bridgehead atoms. The third-order valence-electron chi connectivity index (χ3n) is 2.49. The predicted octanol–water partition coefficient (Wildman–Crippen LogP) is 1.16. The molecule has 5 heteroatoms. The molecule has 1 rings (SSSR count). The number of rotatable bonds is 5. The Hall–Kier alpha value is -1.62. The number of carbonyl (C=O) groups is 1. The number of amides is 1. The minimum absolute atomic E-state index is 0.0930. The molecule has 1 amide bonds. The average Bonchev–Trinajstić information content (AvgIpc) is 2.26. The van der Waals surface area contributed by atoms with Gasteiger partial charge in [-0.1, -0.05) is 6.92 Å². The summed E-state index contributed by atoms with van der Waals surface area (Å²) in [6.07, 6.45) is 0.624. The molecule has 0 spiro atoms. The van der Waals surface area contributed by atoms with Crippen LogP contribution in [0.5, 0.6) is 0 Å². The second kappa shape index (κ2) is 6.20. The van der Waals surface area contributed by atoms with Gasteiger partial charge in [-0.3, -0.25) is 4.79 Å². The maximum absolute atomic E-state index is 12.8. The Morgan fingerprint density at radius 3 is 2.88 bits per heavy atom. The lowest BCUT2D eigenvalue weighted by Gasteiger charge is -2.12. The molecule has 4 nitrogen and oxygen atoms in total. The molecular formula is C12H17FN2O2. The van der Waals surface area contributed by atoms with Gasteiger partial charge in [0.15, 0.2) is 0 Å². The van der Waals surface area contributed by atoms with Crippen molar-refractivity contribution in [1.82, 2.24) is 5.32 Å². The number of hydrogen-bond donors (Lipinski definition) is 3. The van der Waals surface area contributed by atoms with Crippen LogP contribution in [-0.2, 0) is 0 Å². The molecule has 0 aliphatic rings. The van der Waals surface area contributed by atoms with Crippen molar-refractivity contribution in [2.75, 3.05) is 18.9 Å². The van der Waals surface area contributed by atoms with Gasteiger partial charge >= 0.3 is 0 Å². The summed E-state index contributed by atoms with van der Waals surface area (Å²) in [5.74, 6) is -0.606. The largest absolute Gasteiger partial charge is 0.398 e. The molecule has 0 aliphatic heterocycles. The van der Waals surface area contributed by atoms with Crippen molar-refractivity contribution >= 4 is 11.6 Å². The van der Waals surface area contributed by atoms with Gasteiger partial charge in [0.2, 0.25) is 0 Å². The van der Waals surface area contributed by atoms with E-state index in [9.17, 15) is 9.18 Å². The maximum Gasteiger partial charge on any atom is 0.253 e. The highest BCUT2D eigenvalue weighted by Crippen LogP contribution is 2.13. The molecule has 4 N–H and O–H groups in total. The number of aliphatic hydroxyl groups is 1. The molecule has 0 fully saturated rings. The number of anilines is 1. The third kappa shape index (κ3) is 4.03. The number of carbonyl (C=O) groups excluding carboxylic acids is 1. The molecule has 94 valence electrons. The van der Waals surface area contributed by atoms with Crippen LogP contribution < -0.4 is 11.1 Å². The van der Waals surface area contributed by atoms with Crippen molar-refractivity contribution in [3.8, 4) is 0 Å². The van der Waals surface area contributed by atoms with Crippen LogP contribution in [0.15, 0.2) is 18.2 Å². The lowest BCUT2D eigenvalue weighted by molar-refractivity contribution is 0.0946. The average molecular weight is 240 g/mol. The van der Waals surface area contributed by atoms with Gasteiger partial charge in [0, 0.05) is 18.8 Å². The van der Waals surface area contributed by atoms with Gasteiger partial charge in [-0.15, -0.1) is 0 Å². The molecular weight excluding hydrogens is 223 g/mol. The minimum Gasteiger partial charge on any atom is -0.398 e. The second-order valence-electron chi connectivity index (χ2n) is 4.06. The van der Waals surface area contributed by atoms with Gasteiger partial charge in [0.05, 0.1) is 5.56 Å². The second-order valence-corrected chi connectivity index (χ2v) is 4.06. The Labute approximate surface area is 99.6 Å². The standard InChI is InChI=1S/C12H17FN2O2/c1-8(4-5-16)7-15-12(17)10-3-2-9(13)6-11(10)14/h2-3,6,8,16H,4-5,7,14H2,1H3,(H,15,17). The van der Waals surface area contributed by atoms with Crippen LogP contribution in [0.4, 0.5) is 10.1 Å². The van der Waals surface area contributed by atoms with Crippen molar-refractivity contribution < 1.29 is 14.3 Å². The van der Waals surface area contributed by atoms with Gasteiger partial charge in [0.25, 0.3) is 5.91 Å². The fourth-order valence-corrected chi connectivity index (χ4v) is 1.42. The van der Waals surface area contributed by atoms with Crippen LogP contribution in [0.3, 0.4) is 0 Å². The van der Waals surface area contributed by atoms with E-state index < -0.39 is 5.82 Å². The Morgan fingerprint density at radius 1 is 1.59 bits per heavy atom. The van der Waals surface area contributed by atoms with Gasteiger partial charge in [-0.2, -0.15) is 0 Å². The molecule has 17 heavy (non-hydrogen) atoms. The van der Waals surface area contributed by atoms with Crippen LogP contribution in [0.1, 0.15) is 23.7 Å². The third-order valence-corrected chi connectivity index (χ3v) is 2.49. The van der Waals surface area contributed by atoms with E-state index in [4.69, 9.17) is 10.8 Å². The van der Waals surface area contributed by atoms with Gasteiger partial charge in [0.1, 0.15) is 5.82 Å². The number of halogens is 1. The lowest BCUT2D eigenvalue weighted by Crippen LogP contribution is -2.29. The van der Waals surface area contributed by atoms with E-state index in [-0.39, 0.29) is 29.7 Å². The van der Waals surface area contributed by atoms with Crippen molar-refractivity contribution in [2.24, 2.45) is 5.92 Å². The molecule has 0 saturated carbocycles. The van der Waals surface area contributed by atoms with Crippen LogP contribution in [0.25, 0.3) is 0 Å². The number of nitrogens with two attached hydrogens (primary N) is 1. The Morgan fingerprint density at radius 2 is 2.29 bits per heavy atom. The van der Waals surface area contributed by atoms with E-state index in [0.29, 0.717) is 13.0 Å². The highest BCUT2D eigenvalue weighted by atomic mass is 19.1. The maximum atomic E-state index is 12.8. The summed E-state index contributed by atoms with van der Waals surface area (Å²) < 4.78 is 12.8. The number of aliphatic hydroxyl groups excluding tert-OH is 1. The Kier molecular flexibility index (Phi) is 4.90. The zero-order valence-electron chi connectivity index (χ0n) is 9.74. The summed E-state index contributed by atoms with van der Waals surface area (Å²) in [6.45, 7) is 2.47. The molecule has 0 saturated heterocycles. The molecule has 0 heterocycles. The van der Waals surface area contributed by atoms with Crippen LogP contribution >= 0.6 is 0 Å². The first-order valence-electron chi connectivity index (χ1n) is 5.48. The topological polar surface area (TPSA) is 75.3 Å². The zero-order valence-corrected chi connectivity index (χ0v) is 9.74. The van der Waals surface area contributed by atoms with Crippen molar-refractivity contribution in [2.45, 2.75) is 13.3 Å². The summed E-state index contributed by atoms with van der Waals surface area (Å²) in [6, 6.07) is 3.67. The monoisotopic (exact) mass is 240 g/mol. The van der Waals surface area contributed by atoms with E-state index in [2.05, 4.69) is 5.32 Å². The molecule has 0 radical (unpaired) electrons. The van der Waals surface area contributed by atoms with Gasteiger partial charge in [-0.05, 0) is 30.5 Å². The van der Waals surface area contributed by atoms with Crippen LogP contribution in [-0.4, -0.2) is 24.2 Å². The Bertz CT molecular complexity index is 396. The first-order chi connectivity index (χ1) is 8.04. The van der Waals surface area contributed by atoms with E-state index in [1.165, 1.54) is 12.1 Å². The zero-order chi connectivity index (χ0) is 12.8. The van der Waals surface area contributed by atoms with Crippen molar-refractivity contribution in [1.29, 1.82) is 0 Å². The highest BCUT2D eigenvalue weighted by Gasteiger charge is 2.11. The summed E-state index contributed by atoms with van der Waals surface area (Å²) >= 11 is 0. The fraction of sp³-hybridized carbons (Fsp3) is 0.417. The van der Waals surface area contributed by atoms with E-state index >= 15 is 0 Å². The summed E-state index contributed by atoms with van der Waals surface area (Å²) in [5, 5.41) is 11.4. The van der Waals surface area contributed by atoms with Crippen LogP contribution in [0.2, 0.25) is 0 Å². The predicted molar refractivity (Wildman–Crippen MR) is 64.0 cm³/mol. The molecule has 1 aromatic rings. The molecule has 0 aromatic heterocycles. The van der Waals surface area contributed by atoms with Gasteiger partial charge in [-0.25, -0.2) is 4.39 Å². The Balaban J connectivity index is 2.58. The molecule has 1 aromatic carbocycles. The van der Waals surface area contributed by atoms with Crippen molar-refractivity contribution in [3.05, 3.63) is 29.6 Å². The molecule has 1 unspecified atom stereocenters. The van der Waals surface area contributed by atoms with E-state index in [1.807, 2.05) is 6.92 Å². The first-order valence-corrected chi connectivity index (χ1v) is 5.48. The number of benzene rings is 1. The van der Waals surface area contributed by atoms with Crippen LogP contribution in [0, 0.1) is 11.7 Å². The fourth-order valence-electron chi connectivity index (χ4n) is 1.42. The SMILES string of the molecule is CC(CCO)CNC(=O)c1ccc(F)cc1N.